The van der Waals surface area contributed by atoms with Gasteiger partial charge in [-0.3, -0.25) is 4.79 Å². The molecule has 1 amide bonds. The molecule has 2 rings (SSSR count). The number of amides is 1. The van der Waals surface area contributed by atoms with Gasteiger partial charge in [0.05, 0.1) is 17.6 Å². The fraction of sp³-hybridized carbons (Fsp3) is 0.300. The topological polar surface area (TPSA) is 70.5 Å². The fourth-order valence-electron chi connectivity index (χ4n) is 1.57. The van der Waals surface area contributed by atoms with E-state index in [0.717, 1.165) is 17.2 Å². The molecule has 1 N–H and O–H groups in total. The highest BCUT2D eigenvalue weighted by atomic mass is 35.5. The van der Waals surface area contributed by atoms with Gasteiger partial charge in [-0.15, -0.1) is 11.8 Å². The molecule has 2 heterocycles. The van der Waals surface area contributed by atoms with Crippen LogP contribution in [0.3, 0.4) is 0 Å². The summed E-state index contributed by atoms with van der Waals surface area (Å²) in [6.07, 6.45) is 0.895. The number of halogens is 2. The quantitative estimate of drug-likeness (QED) is 0.835. The summed E-state index contributed by atoms with van der Waals surface area (Å²) in [5.74, 6) is -1.86. The first kappa shape index (κ1) is 13.1. The highest BCUT2D eigenvalue weighted by Crippen LogP contribution is 2.25. The summed E-state index contributed by atoms with van der Waals surface area (Å²) in [6, 6.07) is 0.0429. The van der Waals surface area contributed by atoms with Crippen molar-refractivity contribution in [3.63, 3.8) is 0 Å². The van der Waals surface area contributed by atoms with Gasteiger partial charge < -0.3 is 10.0 Å². The van der Waals surface area contributed by atoms with Gasteiger partial charge in [0.1, 0.15) is 17.0 Å². The number of carbonyl (C=O) groups is 2. The predicted molar refractivity (Wildman–Crippen MR) is 64.1 cm³/mol. The molecule has 0 saturated carbocycles. The molecule has 1 atom stereocenters. The molecule has 1 unspecified atom stereocenters. The molecule has 1 aromatic heterocycles. The molecule has 1 aliphatic heterocycles. The van der Waals surface area contributed by atoms with Crippen molar-refractivity contribution in [3.8, 4) is 0 Å². The van der Waals surface area contributed by atoms with E-state index in [2.05, 4.69) is 4.98 Å². The molecular formula is C10H8ClFN2O3S. The lowest BCUT2D eigenvalue weighted by Crippen LogP contribution is -2.41. The van der Waals surface area contributed by atoms with Crippen LogP contribution in [-0.4, -0.2) is 44.5 Å². The van der Waals surface area contributed by atoms with Gasteiger partial charge in [0, 0.05) is 5.75 Å². The Hall–Kier alpha value is -1.34. The van der Waals surface area contributed by atoms with Gasteiger partial charge in [-0.05, 0) is 6.07 Å². The molecule has 5 nitrogen and oxygen atoms in total. The first-order chi connectivity index (χ1) is 8.50. The van der Waals surface area contributed by atoms with Crippen molar-refractivity contribution in [3.05, 3.63) is 28.8 Å². The van der Waals surface area contributed by atoms with E-state index < -0.39 is 23.7 Å². The third kappa shape index (κ3) is 2.41. The summed E-state index contributed by atoms with van der Waals surface area (Å²) in [5.41, 5.74) is -0.120. The minimum Gasteiger partial charge on any atom is -0.480 e. The minimum absolute atomic E-state index is 0.120. The van der Waals surface area contributed by atoms with Crippen molar-refractivity contribution >= 4 is 35.2 Å². The number of hydrogen-bond donors (Lipinski definition) is 1. The van der Waals surface area contributed by atoms with E-state index in [1.54, 1.807) is 0 Å². The van der Waals surface area contributed by atoms with Crippen LogP contribution < -0.4 is 0 Å². The largest absolute Gasteiger partial charge is 0.480 e. The average Bonchev–Trinajstić information content (AvgIpc) is 2.80. The van der Waals surface area contributed by atoms with Gasteiger partial charge in [-0.1, -0.05) is 11.6 Å². The third-order valence-electron chi connectivity index (χ3n) is 2.46. The Balaban J connectivity index is 2.31. The number of pyridine rings is 1. The first-order valence-electron chi connectivity index (χ1n) is 4.93. The number of thioether (sulfide) groups is 1. The van der Waals surface area contributed by atoms with Crippen molar-refractivity contribution in [1.29, 1.82) is 0 Å². The SMILES string of the molecule is O=C(O)C1CSCN1C(=O)c1cc(F)cnc1Cl. The molecule has 8 heteroatoms. The molecule has 0 aromatic carbocycles. The second kappa shape index (κ2) is 5.11. The highest BCUT2D eigenvalue weighted by molar-refractivity contribution is 7.99. The van der Waals surface area contributed by atoms with Crippen LogP contribution in [0, 0.1) is 5.82 Å². The number of hydrogen-bond acceptors (Lipinski definition) is 4. The Morgan fingerprint density at radius 3 is 3.00 bits per heavy atom. The van der Waals surface area contributed by atoms with E-state index in [4.69, 9.17) is 16.7 Å². The summed E-state index contributed by atoms with van der Waals surface area (Å²) in [6.45, 7) is 0. The molecule has 18 heavy (non-hydrogen) atoms. The van der Waals surface area contributed by atoms with Crippen LogP contribution in [0.15, 0.2) is 12.3 Å². The number of aromatic nitrogens is 1. The normalized spacial score (nSPS) is 19.0. The van der Waals surface area contributed by atoms with Crippen LogP contribution in [0.2, 0.25) is 5.15 Å². The molecule has 1 aromatic rings. The molecule has 0 aliphatic carbocycles. The Bertz CT molecular complexity index is 514. The van der Waals surface area contributed by atoms with Crippen LogP contribution in [0.25, 0.3) is 0 Å². The molecular weight excluding hydrogens is 283 g/mol. The van der Waals surface area contributed by atoms with E-state index in [0.29, 0.717) is 5.75 Å². The molecule has 0 radical (unpaired) electrons. The Morgan fingerprint density at radius 1 is 1.61 bits per heavy atom. The smallest absolute Gasteiger partial charge is 0.327 e. The van der Waals surface area contributed by atoms with Gasteiger partial charge in [0.25, 0.3) is 5.91 Å². The van der Waals surface area contributed by atoms with Crippen molar-refractivity contribution < 1.29 is 19.1 Å². The zero-order chi connectivity index (χ0) is 13.3. The average molecular weight is 291 g/mol. The first-order valence-corrected chi connectivity index (χ1v) is 6.46. The van der Waals surface area contributed by atoms with Gasteiger partial charge in [0.15, 0.2) is 0 Å². The van der Waals surface area contributed by atoms with Crippen LogP contribution in [0.1, 0.15) is 10.4 Å². The maximum Gasteiger partial charge on any atom is 0.327 e. The maximum absolute atomic E-state index is 13.0. The molecule has 1 saturated heterocycles. The summed E-state index contributed by atoms with van der Waals surface area (Å²) in [4.78, 5) is 27.7. The van der Waals surface area contributed by atoms with Crippen LogP contribution in [-0.2, 0) is 4.79 Å². The second-order valence-corrected chi connectivity index (χ2v) is 4.98. The number of nitrogens with zero attached hydrogens (tertiary/aromatic N) is 2. The van der Waals surface area contributed by atoms with Crippen molar-refractivity contribution in [2.75, 3.05) is 11.6 Å². The van der Waals surface area contributed by atoms with Crippen LogP contribution in [0.4, 0.5) is 4.39 Å². The van der Waals surface area contributed by atoms with Gasteiger partial charge in [-0.25, -0.2) is 14.2 Å². The van der Waals surface area contributed by atoms with Gasteiger partial charge in [-0.2, -0.15) is 0 Å². The summed E-state index contributed by atoms with van der Waals surface area (Å²) < 4.78 is 13.0. The number of carboxylic acid groups (broad SMARTS) is 1. The Kier molecular flexibility index (Phi) is 3.72. The van der Waals surface area contributed by atoms with Gasteiger partial charge in [0.2, 0.25) is 0 Å². The zero-order valence-electron chi connectivity index (χ0n) is 8.97. The minimum atomic E-state index is -1.09. The van der Waals surface area contributed by atoms with E-state index in [1.807, 2.05) is 0 Å². The molecule has 0 bridgehead atoms. The van der Waals surface area contributed by atoms with E-state index >= 15 is 0 Å². The summed E-state index contributed by atoms with van der Waals surface area (Å²) in [7, 11) is 0. The lowest BCUT2D eigenvalue weighted by atomic mass is 10.2. The number of carboxylic acids is 1. The molecule has 96 valence electrons. The van der Waals surface area contributed by atoms with E-state index in [1.165, 1.54) is 11.8 Å². The summed E-state index contributed by atoms with van der Waals surface area (Å²) >= 11 is 7.04. The monoisotopic (exact) mass is 290 g/mol. The number of aliphatic carboxylic acids is 1. The predicted octanol–water partition coefficient (Wildman–Crippen LogP) is 1.47. The third-order valence-corrected chi connectivity index (χ3v) is 3.78. The van der Waals surface area contributed by atoms with Crippen LogP contribution in [0.5, 0.6) is 0 Å². The Labute approximate surface area is 111 Å². The number of carbonyl (C=O) groups excluding carboxylic acids is 1. The van der Waals surface area contributed by atoms with E-state index in [-0.39, 0.29) is 16.6 Å². The van der Waals surface area contributed by atoms with E-state index in [9.17, 15) is 14.0 Å². The fourth-order valence-corrected chi connectivity index (χ4v) is 2.90. The Morgan fingerprint density at radius 2 is 2.33 bits per heavy atom. The zero-order valence-corrected chi connectivity index (χ0v) is 10.5. The number of rotatable bonds is 2. The second-order valence-electron chi connectivity index (χ2n) is 3.62. The van der Waals surface area contributed by atoms with Crippen molar-refractivity contribution in [2.24, 2.45) is 0 Å². The lowest BCUT2D eigenvalue weighted by Gasteiger charge is -2.20. The molecule has 1 aliphatic rings. The van der Waals surface area contributed by atoms with Crippen molar-refractivity contribution in [1.82, 2.24) is 9.88 Å². The highest BCUT2D eigenvalue weighted by Gasteiger charge is 2.35. The van der Waals surface area contributed by atoms with Crippen LogP contribution >= 0.6 is 23.4 Å². The lowest BCUT2D eigenvalue weighted by molar-refractivity contribution is -0.140. The van der Waals surface area contributed by atoms with Crippen molar-refractivity contribution in [2.45, 2.75) is 6.04 Å². The maximum atomic E-state index is 13.0. The standard InChI is InChI=1S/C10H8ClFN2O3S/c11-8-6(1-5(12)2-13-8)9(15)14-4-18-3-7(14)10(16)17/h1-2,7H,3-4H2,(H,16,17). The molecule has 1 fully saturated rings. The van der Waals surface area contributed by atoms with Gasteiger partial charge >= 0.3 is 5.97 Å². The summed E-state index contributed by atoms with van der Waals surface area (Å²) in [5, 5.41) is 8.84. The molecule has 0 spiro atoms.